The normalized spacial score (nSPS) is 15.6. The number of hydrogen-bond donors (Lipinski definition) is 1. The number of anilines is 1. The second-order valence-electron chi connectivity index (χ2n) is 4.70. The fourth-order valence-electron chi connectivity index (χ4n) is 1.84. The van der Waals surface area contributed by atoms with Crippen molar-refractivity contribution in [1.82, 2.24) is 4.90 Å². The Morgan fingerprint density at radius 2 is 2.15 bits per heavy atom. The lowest BCUT2D eigenvalue weighted by Gasteiger charge is -2.24. The van der Waals surface area contributed by atoms with Gasteiger partial charge < -0.3 is 19.7 Å². The van der Waals surface area contributed by atoms with E-state index in [0.717, 1.165) is 0 Å². The van der Waals surface area contributed by atoms with Gasteiger partial charge in [-0.05, 0) is 19.1 Å². The summed E-state index contributed by atoms with van der Waals surface area (Å²) in [4.78, 5) is 13.6. The summed E-state index contributed by atoms with van der Waals surface area (Å²) in [6.45, 7) is 2.06. The zero-order valence-electron chi connectivity index (χ0n) is 11.7. The summed E-state index contributed by atoms with van der Waals surface area (Å²) in [5.41, 5.74) is 0.635. The van der Waals surface area contributed by atoms with Crippen LogP contribution in [0.4, 0.5) is 10.5 Å². The maximum Gasteiger partial charge on any atom is 0.321 e. The fraction of sp³-hybridized carbons (Fsp3) is 0.462. The Labute approximate surface area is 120 Å². The van der Waals surface area contributed by atoms with E-state index in [1.807, 2.05) is 6.92 Å². The maximum atomic E-state index is 12.1. The van der Waals surface area contributed by atoms with Crippen molar-refractivity contribution in [3.8, 4) is 11.5 Å². The molecule has 1 heterocycles. The molecule has 0 fully saturated rings. The standard InChI is InChI=1S/C13H18N2O4S/c1-9(7-20(3)17)15(2)13(16)14-10-4-5-11-12(6-10)19-8-18-11/h4-6,9H,7-8H2,1-3H3,(H,14,16)/t9-,20-/m1/s1. The Morgan fingerprint density at radius 1 is 1.45 bits per heavy atom. The van der Waals surface area contributed by atoms with Gasteiger partial charge in [0.05, 0.1) is 0 Å². The van der Waals surface area contributed by atoms with E-state index >= 15 is 0 Å². The number of rotatable bonds is 4. The number of amides is 2. The predicted octanol–water partition coefficient (Wildman–Crippen LogP) is 1.65. The van der Waals surface area contributed by atoms with E-state index in [4.69, 9.17) is 9.47 Å². The van der Waals surface area contributed by atoms with Crippen LogP contribution in [0.1, 0.15) is 6.92 Å². The molecule has 1 N–H and O–H groups in total. The average Bonchev–Trinajstić information content (AvgIpc) is 2.84. The Kier molecular flexibility index (Phi) is 4.49. The van der Waals surface area contributed by atoms with E-state index in [1.54, 1.807) is 31.5 Å². The molecule has 0 aliphatic carbocycles. The van der Waals surface area contributed by atoms with Crippen molar-refractivity contribution >= 4 is 22.5 Å². The molecule has 2 amide bonds. The van der Waals surface area contributed by atoms with Crippen LogP contribution in [-0.2, 0) is 10.8 Å². The molecule has 1 aromatic carbocycles. The van der Waals surface area contributed by atoms with Gasteiger partial charge in [-0.2, -0.15) is 0 Å². The number of nitrogens with zero attached hydrogens (tertiary/aromatic N) is 1. The first-order valence-electron chi connectivity index (χ1n) is 6.21. The number of urea groups is 1. The third kappa shape index (κ3) is 3.41. The number of carbonyl (C=O) groups excluding carboxylic acids is 1. The van der Waals surface area contributed by atoms with Crippen LogP contribution in [0.3, 0.4) is 0 Å². The number of ether oxygens (including phenoxy) is 2. The molecule has 0 aromatic heterocycles. The smallest absolute Gasteiger partial charge is 0.321 e. The fourth-order valence-corrected chi connectivity index (χ4v) is 2.74. The molecule has 2 atom stereocenters. The lowest BCUT2D eigenvalue weighted by atomic mass is 10.3. The molecule has 110 valence electrons. The minimum Gasteiger partial charge on any atom is -0.454 e. The Bertz CT molecular complexity index is 535. The monoisotopic (exact) mass is 298 g/mol. The minimum absolute atomic E-state index is 0.102. The van der Waals surface area contributed by atoms with Crippen molar-refractivity contribution in [2.45, 2.75) is 13.0 Å². The van der Waals surface area contributed by atoms with Crippen molar-refractivity contribution in [1.29, 1.82) is 0 Å². The largest absolute Gasteiger partial charge is 0.454 e. The molecule has 1 aliphatic heterocycles. The van der Waals surface area contributed by atoms with Gasteiger partial charge in [-0.25, -0.2) is 4.79 Å². The van der Waals surface area contributed by atoms with Crippen molar-refractivity contribution in [2.75, 3.05) is 31.2 Å². The van der Waals surface area contributed by atoms with Crippen LogP contribution in [-0.4, -0.2) is 47.0 Å². The lowest BCUT2D eigenvalue weighted by Crippen LogP contribution is -2.40. The summed E-state index contributed by atoms with van der Waals surface area (Å²) in [5.74, 6) is 1.74. The topological polar surface area (TPSA) is 67.9 Å². The van der Waals surface area contributed by atoms with E-state index < -0.39 is 10.8 Å². The molecule has 7 heteroatoms. The first-order valence-corrected chi connectivity index (χ1v) is 7.93. The molecule has 6 nitrogen and oxygen atoms in total. The zero-order chi connectivity index (χ0) is 14.7. The molecule has 0 radical (unpaired) electrons. The summed E-state index contributed by atoms with van der Waals surface area (Å²) >= 11 is 0. The molecule has 0 spiro atoms. The van der Waals surface area contributed by atoms with E-state index in [0.29, 0.717) is 22.9 Å². The third-order valence-electron chi connectivity index (χ3n) is 3.08. The molecular formula is C13H18N2O4S. The summed E-state index contributed by atoms with van der Waals surface area (Å²) in [7, 11) is 0.743. The first-order chi connectivity index (χ1) is 9.47. The highest BCUT2D eigenvalue weighted by Crippen LogP contribution is 2.34. The minimum atomic E-state index is -0.937. The Hall–Kier alpha value is -1.76. The predicted molar refractivity (Wildman–Crippen MR) is 77.7 cm³/mol. The van der Waals surface area contributed by atoms with Crippen LogP contribution in [0.2, 0.25) is 0 Å². The molecule has 2 rings (SSSR count). The molecule has 0 bridgehead atoms. The molecular weight excluding hydrogens is 280 g/mol. The maximum absolute atomic E-state index is 12.1. The Balaban J connectivity index is 1.98. The van der Waals surface area contributed by atoms with E-state index in [1.165, 1.54) is 4.90 Å². The van der Waals surface area contributed by atoms with Gasteiger partial charge in [0.15, 0.2) is 11.5 Å². The van der Waals surface area contributed by atoms with Crippen LogP contribution in [0.5, 0.6) is 11.5 Å². The molecule has 0 saturated heterocycles. The van der Waals surface area contributed by atoms with Crippen molar-refractivity contribution < 1.29 is 18.5 Å². The third-order valence-corrected chi connectivity index (χ3v) is 4.03. The number of fused-ring (bicyclic) bond motifs is 1. The van der Waals surface area contributed by atoms with Crippen LogP contribution in [0.25, 0.3) is 0 Å². The number of nitrogens with one attached hydrogen (secondary N) is 1. The highest BCUT2D eigenvalue weighted by atomic mass is 32.2. The number of hydrogen-bond acceptors (Lipinski definition) is 4. The second kappa shape index (κ2) is 6.13. The van der Waals surface area contributed by atoms with E-state index in [-0.39, 0.29) is 18.9 Å². The Morgan fingerprint density at radius 3 is 2.85 bits per heavy atom. The van der Waals surface area contributed by atoms with E-state index in [9.17, 15) is 9.00 Å². The number of benzene rings is 1. The van der Waals surface area contributed by atoms with Crippen LogP contribution >= 0.6 is 0 Å². The molecule has 1 aromatic rings. The van der Waals surface area contributed by atoms with Crippen molar-refractivity contribution in [3.63, 3.8) is 0 Å². The summed E-state index contributed by atoms with van der Waals surface area (Å²) in [6.07, 6.45) is 1.63. The molecule has 0 saturated carbocycles. The van der Waals surface area contributed by atoms with Gasteiger partial charge in [-0.3, -0.25) is 4.21 Å². The highest BCUT2D eigenvalue weighted by Gasteiger charge is 2.18. The van der Waals surface area contributed by atoms with Gasteiger partial charge in [-0.15, -0.1) is 0 Å². The van der Waals surface area contributed by atoms with Gasteiger partial charge in [0.25, 0.3) is 0 Å². The van der Waals surface area contributed by atoms with Crippen LogP contribution in [0, 0.1) is 0 Å². The average molecular weight is 298 g/mol. The summed E-state index contributed by atoms with van der Waals surface area (Å²) in [6, 6.07) is 4.87. The zero-order valence-corrected chi connectivity index (χ0v) is 12.5. The SMILES string of the molecule is C[C@H](C[S@@](C)=O)N(C)C(=O)Nc1ccc2c(c1)OCO2. The quantitative estimate of drug-likeness (QED) is 0.917. The summed E-state index contributed by atoms with van der Waals surface area (Å²) < 4.78 is 21.7. The van der Waals surface area contributed by atoms with Crippen molar-refractivity contribution in [2.24, 2.45) is 0 Å². The summed E-state index contributed by atoms with van der Waals surface area (Å²) in [5, 5.41) is 2.78. The van der Waals surface area contributed by atoms with Gasteiger partial charge in [0.1, 0.15) is 0 Å². The van der Waals surface area contributed by atoms with Crippen LogP contribution < -0.4 is 14.8 Å². The lowest BCUT2D eigenvalue weighted by molar-refractivity contribution is 0.174. The van der Waals surface area contributed by atoms with Gasteiger partial charge in [0, 0.05) is 47.7 Å². The van der Waals surface area contributed by atoms with Crippen molar-refractivity contribution in [3.05, 3.63) is 18.2 Å². The number of carbonyl (C=O) groups is 1. The molecule has 1 aliphatic rings. The molecule has 20 heavy (non-hydrogen) atoms. The van der Waals surface area contributed by atoms with E-state index in [2.05, 4.69) is 5.32 Å². The second-order valence-corrected chi connectivity index (χ2v) is 6.18. The van der Waals surface area contributed by atoms with Gasteiger partial charge in [0.2, 0.25) is 6.79 Å². The van der Waals surface area contributed by atoms with Gasteiger partial charge >= 0.3 is 6.03 Å². The highest BCUT2D eigenvalue weighted by molar-refractivity contribution is 7.84. The first kappa shape index (κ1) is 14.6. The van der Waals surface area contributed by atoms with Crippen LogP contribution in [0.15, 0.2) is 18.2 Å². The van der Waals surface area contributed by atoms with Gasteiger partial charge in [-0.1, -0.05) is 0 Å². The molecule has 0 unspecified atom stereocenters.